The van der Waals surface area contributed by atoms with Crippen LogP contribution in [0.3, 0.4) is 0 Å². The van der Waals surface area contributed by atoms with E-state index in [-0.39, 0.29) is 0 Å². The molecule has 2 aromatic rings. The van der Waals surface area contributed by atoms with E-state index in [1.165, 1.54) is 5.56 Å². The number of benzene rings is 1. The lowest BCUT2D eigenvalue weighted by molar-refractivity contribution is 0.181. The lowest BCUT2D eigenvalue weighted by Gasteiger charge is -2.22. The van der Waals surface area contributed by atoms with E-state index in [9.17, 15) is 0 Å². The van der Waals surface area contributed by atoms with Crippen molar-refractivity contribution in [3.05, 3.63) is 47.8 Å². The van der Waals surface area contributed by atoms with Crippen molar-refractivity contribution in [2.24, 2.45) is 0 Å². The van der Waals surface area contributed by atoms with Gasteiger partial charge in [0, 0.05) is 57.8 Å². The summed E-state index contributed by atoms with van der Waals surface area (Å²) in [7, 11) is 3.41. The second-order valence-corrected chi connectivity index (χ2v) is 6.24. The SMILES string of the molecule is COCc1cc(CN2CCCN(c3ncccn3)CC2)ccc1OC. The summed E-state index contributed by atoms with van der Waals surface area (Å²) in [4.78, 5) is 13.5. The third-order valence-corrected chi connectivity index (χ3v) is 4.47. The second-order valence-electron chi connectivity index (χ2n) is 6.24. The Morgan fingerprint density at radius 3 is 2.64 bits per heavy atom. The van der Waals surface area contributed by atoms with Crippen LogP contribution in [0.1, 0.15) is 17.5 Å². The molecule has 1 aromatic heterocycles. The number of methoxy groups -OCH3 is 2. The van der Waals surface area contributed by atoms with E-state index in [1.54, 1.807) is 26.6 Å². The number of anilines is 1. The molecule has 0 radical (unpaired) electrons. The fraction of sp³-hybridized carbons (Fsp3) is 0.474. The molecule has 1 aromatic carbocycles. The van der Waals surface area contributed by atoms with Crippen molar-refractivity contribution in [3.8, 4) is 5.75 Å². The lowest BCUT2D eigenvalue weighted by atomic mass is 10.1. The zero-order valence-corrected chi connectivity index (χ0v) is 15.0. The van der Waals surface area contributed by atoms with Crippen LogP contribution in [0.25, 0.3) is 0 Å². The summed E-state index contributed by atoms with van der Waals surface area (Å²) in [5.41, 5.74) is 2.38. The van der Waals surface area contributed by atoms with Crippen molar-refractivity contribution in [2.45, 2.75) is 19.6 Å². The van der Waals surface area contributed by atoms with Gasteiger partial charge in [0.25, 0.3) is 0 Å². The molecule has 0 aliphatic carbocycles. The minimum atomic E-state index is 0.566. The van der Waals surface area contributed by atoms with E-state index < -0.39 is 0 Å². The molecule has 1 aliphatic rings. The summed E-state index contributed by atoms with van der Waals surface area (Å²) >= 11 is 0. The first-order valence-corrected chi connectivity index (χ1v) is 8.69. The van der Waals surface area contributed by atoms with Gasteiger partial charge in [0.05, 0.1) is 13.7 Å². The molecule has 6 nitrogen and oxygen atoms in total. The third kappa shape index (κ3) is 4.67. The summed E-state index contributed by atoms with van der Waals surface area (Å²) in [6.07, 6.45) is 4.72. The minimum Gasteiger partial charge on any atom is -0.496 e. The van der Waals surface area contributed by atoms with Gasteiger partial charge in [0.1, 0.15) is 5.75 Å². The molecule has 0 atom stereocenters. The highest BCUT2D eigenvalue weighted by molar-refractivity contribution is 5.37. The van der Waals surface area contributed by atoms with Crippen LogP contribution in [-0.4, -0.2) is 55.3 Å². The third-order valence-electron chi connectivity index (χ3n) is 4.47. The van der Waals surface area contributed by atoms with Crippen molar-refractivity contribution in [2.75, 3.05) is 45.3 Å². The molecule has 6 heteroatoms. The standard InChI is InChI=1S/C19H26N4O2/c1-24-15-17-13-16(5-6-18(17)25-2)14-22-9-4-10-23(12-11-22)19-20-7-3-8-21-19/h3,5-8,13H,4,9-12,14-15H2,1-2H3. The first-order chi connectivity index (χ1) is 12.3. The number of hydrogen-bond acceptors (Lipinski definition) is 6. The van der Waals surface area contributed by atoms with E-state index in [1.807, 2.05) is 12.1 Å². The molecule has 1 aliphatic heterocycles. The molecule has 3 rings (SSSR count). The van der Waals surface area contributed by atoms with Gasteiger partial charge in [-0.25, -0.2) is 9.97 Å². The van der Waals surface area contributed by atoms with Crippen LogP contribution in [0.2, 0.25) is 0 Å². The van der Waals surface area contributed by atoms with E-state index in [2.05, 4.69) is 31.9 Å². The van der Waals surface area contributed by atoms with Crippen LogP contribution in [0.4, 0.5) is 5.95 Å². The van der Waals surface area contributed by atoms with E-state index in [0.29, 0.717) is 6.61 Å². The van der Waals surface area contributed by atoms with Crippen molar-refractivity contribution in [1.29, 1.82) is 0 Å². The Morgan fingerprint density at radius 2 is 1.88 bits per heavy atom. The summed E-state index contributed by atoms with van der Waals surface area (Å²) in [5, 5.41) is 0. The molecule has 2 heterocycles. The van der Waals surface area contributed by atoms with Crippen LogP contribution >= 0.6 is 0 Å². The van der Waals surface area contributed by atoms with Crippen LogP contribution in [-0.2, 0) is 17.9 Å². The summed E-state index contributed by atoms with van der Waals surface area (Å²) in [6, 6.07) is 8.22. The highest BCUT2D eigenvalue weighted by atomic mass is 16.5. The molecule has 0 N–H and O–H groups in total. The van der Waals surface area contributed by atoms with Crippen LogP contribution in [0.15, 0.2) is 36.7 Å². The van der Waals surface area contributed by atoms with Gasteiger partial charge in [0.15, 0.2) is 0 Å². The number of aromatic nitrogens is 2. The average molecular weight is 342 g/mol. The van der Waals surface area contributed by atoms with Gasteiger partial charge in [-0.05, 0) is 30.2 Å². The van der Waals surface area contributed by atoms with Gasteiger partial charge in [-0.1, -0.05) is 6.07 Å². The maximum atomic E-state index is 5.41. The summed E-state index contributed by atoms with van der Waals surface area (Å²) in [5.74, 6) is 1.71. The predicted molar refractivity (Wildman–Crippen MR) is 97.8 cm³/mol. The van der Waals surface area contributed by atoms with Crippen LogP contribution in [0.5, 0.6) is 5.75 Å². The van der Waals surface area contributed by atoms with Gasteiger partial charge in [-0.2, -0.15) is 0 Å². The maximum Gasteiger partial charge on any atom is 0.225 e. The first kappa shape index (κ1) is 17.6. The Balaban J connectivity index is 1.63. The maximum absolute atomic E-state index is 5.41. The Labute approximate surface area is 149 Å². The van der Waals surface area contributed by atoms with Crippen molar-refractivity contribution < 1.29 is 9.47 Å². The smallest absolute Gasteiger partial charge is 0.225 e. The largest absolute Gasteiger partial charge is 0.496 e. The van der Waals surface area contributed by atoms with Gasteiger partial charge >= 0.3 is 0 Å². The summed E-state index contributed by atoms with van der Waals surface area (Å²) < 4.78 is 10.7. The van der Waals surface area contributed by atoms with E-state index >= 15 is 0 Å². The Kier molecular flexibility index (Phi) is 6.19. The number of nitrogens with zero attached hydrogens (tertiary/aromatic N) is 4. The molecule has 0 unspecified atom stereocenters. The normalized spacial score (nSPS) is 15.8. The Morgan fingerprint density at radius 1 is 1.04 bits per heavy atom. The van der Waals surface area contributed by atoms with Gasteiger partial charge in [-0.15, -0.1) is 0 Å². The van der Waals surface area contributed by atoms with Gasteiger partial charge < -0.3 is 14.4 Å². The quantitative estimate of drug-likeness (QED) is 0.803. The van der Waals surface area contributed by atoms with Gasteiger partial charge in [-0.3, -0.25) is 4.90 Å². The van der Waals surface area contributed by atoms with Crippen LogP contribution in [0, 0.1) is 0 Å². The molecule has 134 valence electrons. The number of ether oxygens (including phenoxy) is 2. The Bertz CT molecular complexity index is 666. The Hall–Kier alpha value is -2.18. The highest BCUT2D eigenvalue weighted by Gasteiger charge is 2.17. The fourth-order valence-electron chi connectivity index (χ4n) is 3.24. The minimum absolute atomic E-state index is 0.566. The second kappa shape index (κ2) is 8.78. The van der Waals surface area contributed by atoms with Crippen molar-refractivity contribution >= 4 is 5.95 Å². The van der Waals surface area contributed by atoms with Crippen molar-refractivity contribution in [3.63, 3.8) is 0 Å². The number of rotatable bonds is 6. The molecular weight excluding hydrogens is 316 g/mol. The molecule has 0 spiro atoms. The zero-order valence-electron chi connectivity index (χ0n) is 15.0. The molecular formula is C19H26N4O2. The van der Waals surface area contributed by atoms with E-state index in [4.69, 9.17) is 9.47 Å². The van der Waals surface area contributed by atoms with E-state index in [0.717, 1.165) is 56.4 Å². The predicted octanol–water partition coefficient (Wildman–Crippen LogP) is 2.34. The molecule has 0 saturated carbocycles. The topological polar surface area (TPSA) is 50.7 Å². The fourth-order valence-corrected chi connectivity index (χ4v) is 3.24. The molecule has 25 heavy (non-hydrogen) atoms. The molecule has 1 fully saturated rings. The van der Waals surface area contributed by atoms with Crippen LogP contribution < -0.4 is 9.64 Å². The molecule has 0 bridgehead atoms. The zero-order chi connectivity index (χ0) is 17.5. The van der Waals surface area contributed by atoms with Gasteiger partial charge in [0.2, 0.25) is 5.95 Å². The monoisotopic (exact) mass is 342 g/mol. The molecule has 1 saturated heterocycles. The van der Waals surface area contributed by atoms with Crippen molar-refractivity contribution in [1.82, 2.24) is 14.9 Å². The lowest BCUT2D eigenvalue weighted by Crippen LogP contribution is -2.31. The first-order valence-electron chi connectivity index (χ1n) is 8.69. The molecule has 0 amide bonds. The summed E-state index contributed by atoms with van der Waals surface area (Å²) in [6.45, 7) is 5.53. The average Bonchev–Trinajstić information content (AvgIpc) is 2.89. The highest BCUT2D eigenvalue weighted by Crippen LogP contribution is 2.22. The number of hydrogen-bond donors (Lipinski definition) is 0.